The van der Waals surface area contributed by atoms with Crippen molar-refractivity contribution in [2.45, 2.75) is 199 Å². The van der Waals surface area contributed by atoms with E-state index in [1.54, 1.807) is 0 Å². The molecule has 0 aromatic rings. The van der Waals surface area contributed by atoms with Crippen LogP contribution in [-0.4, -0.2) is 11.7 Å². The van der Waals surface area contributed by atoms with Gasteiger partial charge in [-0.05, 0) is 6.42 Å². The molecule has 0 aliphatic carbocycles. The molecule has 0 rings (SSSR count). The highest BCUT2D eigenvalue weighted by molar-refractivity contribution is 4.52. The van der Waals surface area contributed by atoms with Crippen LogP contribution in [0.5, 0.6) is 0 Å². The molecular formula is C33H67O. The molecule has 34 heavy (non-hydrogen) atoms. The molecule has 0 fully saturated rings. The molecule has 0 amide bonds. The van der Waals surface area contributed by atoms with Gasteiger partial charge in [-0.1, -0.05) is 200 Å². The second-order valence-corrected chi connectivity index (χ2v) is 11.2. The molecule has 0 heterocycles. The van der Waals surface area contributed by atoms with Gasteiger partial charge < -0.3 is 5.11 Å². The zero-order valence-electron chi connectivity index (χ0n) is 23.8. The largest absolute Gasteiger partial charge is 0.396 e. The maximum absolute atomic E-state index is 8.77. The van der Waals surface area contributed by atoms with E-state index >= 15 is 0 Å². The van der Waals surface area contributed by atoms with Crippen LogP contribution < -0.4 is 0 Å². The summed E-state index contributed by atoms with van der Waals surface area (Å²) in [5.41, 5.74) is 0. The van der Waals surface area contributed by atoms with E-state index in [0.29, 0.717) is 6.61 Å². The van der Waals surface area contributed by atoms with Crippen LogP contribution in [0.4, 0.5) is 0 Å². The number of unbranched alkanes of at least 4 members (excludes halogenated alkanes) is 30. The molecule has 1 N–H and O–H groups in total. The smallest absolute Gasteiger partial charge is 0.0431 e. The molecule has 1 radical (unpaired) electrons. The van der Waals surface area contributed by atoms with E-state index in [2.05, 4.69) is 6.92 Å². The average molecular weight is 480 g/mol. The van der Waals surface area contributed by atoms with E-state index in [1.165, 1.54) is 186 Å². The average Bonchev–Trinajstić information content (AvgIpc) is 2.85. The Morgan fingerprint density at radius 3 is 0.529 bits per heavy atom. The summed E-state index contributed by atoms with van der Waals surface area (Å²) in [5, 5.41) is 8.77. The summed E-state index contributed by atoms with van der Waals surface area (Å²) >= 11 is 0. The second kappa shape index (κ2) is 33.0. The van der Waals surface area contributed by atoms with Crippen LogP contribution in [0.2, 0.25) is 0 Å². The summed E-state index contributed by atoms with van der Waals surface area (Å²) in [6.45, 7) is 4.29. The fourth-order valence-corrected chi connectivity index (χ4v) is 5.24. The highest BCUT2D eigenvalue weighted by Crippen LogP contribution is 2.16. The summed E-state index contributed by atoms with van der Waals surface area (Å²) < 4.78 is 0. The van der Waals surface area contributed by atoms with E-state index in [1.807, 2.05) is 0 Å². The standard InChI is InChI=1S/C33H67O/c1-2-3-4-5-6-7-8-9-10-11-12-13-14-15-16-17-18-19-20-21-22-23-24-25-26-27-28-29-30-31-32-33-34/h34H,1-33H2. The Kier molecular flexibility index (Phi) is 32.9. The Morgan fingerprint density at radius 2 is 0.382 bits per heavy atom. The van der Waals surface area contributed by atoms with Crippen LogP contribution in [0.25, 0.3) is 0 Å². The molecule has 0 aliphatic rings. The highest BCUT2D eigenvalue weighted by atomic mass is 16.2. The van der Waals surface area contributed by atoms with Crippen molar-refractivity contribution < 1.29 is 5.11 Å². The maximum atomic E-state index is 8.77. The van der Waals surface area contributed by atoms with Crippen LogP contribution in [0, 0.1) is 6.92 Å². The first-order valence-electron chi connectivity index (χ1n) is 16.3. The van der Waals surface area contributed by atoms with Gasteiger partial charge in [-0.2, -0.15) is 0 Å². The van der Waals surface area contributed by atoms with Crippen molar-refractivity contribution in [3.05, 3.63) is 6.92 Å². The van der Waals surface area contributed by atoms with E-state index in [0.717, 1.165) is 12.8 Å². The fraction of sp³-hybridized carbons (Fsp3) is 0.970. The molecule has 1 heteroatoms. The van der Waals surface area contributed by atoms with Crippen molar-refractivity contribution in [1.29, 1.82) is 0 Å². The molecule has 0 saturated carbocycles. The van der Waals surface area contributed by atoms with E-state index in [9.17, 15) is 0 Å². The van der Waals surface area contributed by atoms with Gasteiger partial charge >= 0.3 is 0 Å². The first-order chi connectivity index (χ1) is 16.9. The Labute approximate surface area is 217 Å². The lowest BCUT2D eigenvalue weighted by Crippen LogP contribution is -1.85. The van der Waals surface area contributed by atoms with Crippen molar-refractivity contribution >= 4 is 0 Å². The normalized spacial score (nSPS) is 11.5. The zero-order valence-corrected chi connectivity index (χ0v) is 23.8. The third-order valence-corrected chi connectivity index (χ3v) is 7.66. The van der Waals surface area contributed by atoms with Crippen LogP contribution >= 0.6 is 0 Å². The first-order valence-corrected chi connectivity index (χ1v) is 16.3. The minimum Gasteiger partial charge on any atom is -0.396 e. The summed E-state index contributed by atoms with van der Waals surface area (Å²) in [4.78, 5) is 0. The molecular weight excluding hydrogens is 412 g/mol. The number of aliphatic hydroxyl groups excluding tert-OH is 1. The lowest BCUT2D eigenvalue weighted by atomic mass is 10.0. The summed E-state index contributed by atoms with van der Waals surface area (Å²) in [6, 6.07) is 0. The van der Waals surface area contributed by atoms with Gasteiger partial charge in [0.05, 0.1) is 0 Å². The minimum atomic E-state index is 0.374. The summed E-state index contributed by atoms with van der Waals surface area (Å²) in [5.74, 6) is 0. The molecule has 0 atom stereocenters. The lowest BCUT2D eigenvalue weighted by molar-refractivity contribution is 0.282. The predicted molar refractivity (Wildman–Crippen MR) is 156 cm³/mol. The van der Waals surface area contributed by atoms with Gasteiger partial charge in [-0.3, -0.25) is 0 Å². The van der Waals surface area contributed by atoms with Gasteiger partial charge in [0, 0.05) is 6.61 Å². The third-order valence-electron chi connectivity index (χ3n) is 7.66. The lowest BCUT2D eigenvalue weighted by Gasteiger charge is -2.04. The molecule has 0 aliphatic heterocycles. The maximum Gasteiger partial charge on any atom is 0.0431 e. The second-order valence-electron chi connectivity index (χ2n) is 11.2. The Balaban J connectivity index is 2.99. The van der Waals surface area contributed by atoms with Gasteiger partial charge in [0.15, 0.2) is 0 Å². The van der Waals surface area contributed by atoms with Crippen LogP contribution in [0.3, 0.4) is 0 Å². The van der Waals surface area contributed by atoms with E-state index in [4.69, 9.17) is 5.11 Å². The fourth-order valence-electron chi connectivity index (χ4n) is 5.24. The van der Waals surface area contributed by atoms with Crippen LogP contribution in [-0.2, 0) is 0 Å². The molecule has 0 unspecified atom stereocenters. The number of rotatable bonds is 31. The first kappa shape index (κ1) is 34.0. The summed E-state index contributed by atoms with van der Waals surface area (Å²) in [7, 11) is 0. The number of hydrogen-bond acceptors (Lipinski definition) is 1. The molecule has 0 saturated heterocycles. The SMILES string of the molecule is [CH2]CCCCCCCCCCCCCCCCCCCCCCCCCCCCCCCCO. The van der Waals surface area contributed by atoms with E-state index < -0.39 is 0 Å². The van der Waals surface area contributed by atoms with Gasteiger partial charge in [0.2, 0.25) is 0 Å². The topological polar surface area (TPSA) is 20.2 Å². The number of hydrogen-bond donors (Lipinski definition) is 1. The van der Waals surface area contributed by atoms with Crippen molar-refractivity contribution in [1.82, 2.24) is 0 Å². The van der Waals surface area contributed by atoms with Crippen molar-refractivity contribution in [3.63, 3.8) is 0 Å². The minimum absolute atomic E-state index is 0.374. The van der Waals surface area contributed by atoms with Crippen molar-refractivity contribution in [2.75, 3.05) is 6.61 Å². The van der Waals surface area contributed by atoms with Crippen molar-refractivity contribution in [3.8, 4) is 0 Å². The van der Waals surface area contributed by atoms with Gasteiger partial charge in [-0.25, -0.2) is 0 Å². The monoisotopic (exact) mass is 480 g/mol. The molecule has 0 aromatic heterocycles. The van der Waals surface area contributed by atoms with Gasteiger partial charge in [0.1, 0.15) is 0 Å². The summed E-state index contributed by atoms with van der Waals surface area (Å²) in [6.07, 6.45) is 43.9. The highest BCUT2D eigenvalue weighted by Gasteiger charge is 1.97. The zero-order chi connectivity index (χ0) is 24.6. The molecule has 1 nitrogen and oxygen atoms in total. The van der Waals surface area contributed by atoms with Crippen LogP contribution in [0.1, 0.15) is 199 Å². The third kappa shape index (κ3) is 32.0. The van der Waals surface area contributed by atoms with E-state index in [-0.39, 0.29) is 0 Å². The Hall–Kier alpha value is -0.0400. The Bertz CT molecular complexity index is 295. The molecule has 0 aromatic carbocycles. The van der Waals surface area contributed by atoms with Crippen molar-refractivity contribution in [2.24, 2.45) is 0 Å². The molecule has 205 valence electrons. The number of aliphatic hydroxyl groups is 1. The van der Waals surface area contributed by atoms with Gasteiger partial charge in [-0.15, -0.1) is 0 Å². The molecule has 0 bridgehead atoms. The van der Waals surface area contributed by atoms with Gasteiger partial charge in [0.25, 0.3) is 0 Å². The predicted octanol–water partition coefficient (Wildman–Crippen LogP) is 11.9. The molecule has 0 spiro atoms. The van der Waals surface area contributed by atoms with Crippen LogP contribution in [0.15, 0.2) is 0 Å². The quantitative estimate of drug-likeness (QED) is 0.0980. The Morgan fingerprint density at radius 1 is 0.235 bits per heavy atom.